The summed E-state index contributed by atoms with van der Waals surface area (Å²) >= 11 is 12.1. The van der Waals surface area contributed by atoms with Crippen molar-refractivity contribution < 1.29 is 4.79 Å². The van der Waals surface area contributed by atoms with E-state index in [2.05, 4.69) is 5.10 Å². The molecule has 1 aromatic heterocycles. The second-order valence-corrected chi connectivity index (χ2v) is 6.25. The SMILES string of the molecule is CN(Cc1ccccc1Cl)C(=O)c1cnn(-c2cccc(Cl)c2)c1. The molecule has 122 valence electrons. The Morgan fingerprint density at radius 3 is 2.71 bits per heavy atom. The first-order valence-corrected chi connectivity index (χ1v) is 8.09. The van der Waals surface area contributed by atoms with Crippen molar-refractivity contribution >= 4 is 29.1 Å². The number of amides is 1. The lowest BCUT2D eigenvalue weighted by atomic mass is 10.2. The zero-order valence-electron chi connectivity index (χ0n) is 13.0. The van der Waals surface area contributed by atoms with Crippen LogP contribution < -0.4 is 0 Å². The minimum absolute atomic E-state index is 0.122. The van der Waals surface area contributed by atoms with Gasteiger partial charge in [-0.3, -0.25) is 4.79 Å². The highest BCUT2D eigenvalue weighted by molar-refractivity contribution is 6.31. The van der Waals surface area contributed by atoms with Gasteiger partial charge in [0.05, 0.1) is 17.4 Å². The standard InChI is InChI=1S/C18H15Cl2N3O/c1-22(11-13-5-2-3-8-17(13)20)18(24)14-10-21-23(12-14)16-7-4-6-15(19)9-16/h2-10,12H,11H2,1H3. The monoisotopic (exact) mass is 359 g/mol. The highest BCUT2D eigenvalue weighted by Gasteiger charge is 2.15. The first kappa shape index (κ1) is 16.6. The van der Waals surface area contributed by atoms with Crippen molar-refractivity contribution in [2.75, 3.05) is 7.05 Å². The molecule has 1 amide bonds. The molecule has 0 fully saturated rings. The molecule has 0 bridgehead atoms. The van der Waals surface area contributed by atoms with E-state index in [1.54, 1.807) is 41.2 Å². The van der Waals surface area contributed by atoms with Crippen molar-refractivity contribution in [3.8, 4) is 5.69 Å². The fourth-order valence-electron chi connectivity index (χ4n) is 2.37. The molecule has 0 radical (unpaired) electrons. The van der Waals surface area contributed by atoms with E-state index in [4.69, 9.17) is 23.2 Å². The van der Waals surface area contributed by atoms with Crippen molar-refractivity contribution in [1.82, 2.24) is 14.7 Å². The molecule has 0 saturated carbocycles. The van der Waals surface area contributed by atoms with Crippen LogP contribution in [0.5, 0.6) is 0 Å². The summed E-state index contributed by atoms with van der Waals surface area (Å²) < 4.78 is 1.63. The molecule has 0 aliphatic rings. The molecule has 1 heterocycles. The van der Waals surface area contributed by atoms with Crippen molar-refractivity contribution in [1.29, 1.82) is 0 Å². The number of hydrogen-bond acceptors (Lipinski definition) is 2. The number of carbonyl (C=O) groups excluding carboxylic acids is 1. The highest BCUT2D eigenvalue weighted by atomic mass is 35.5. The molecular formula is C18H15Cl2N3O. The van der Waals surface area contributed by atoms with Gasteiger partial charge in [0.15, 0.2) is 0 Å². The number of carbonyl (C=O) groups is 1. The molecule has 0 spiro atoms. The smallest absolute Gasteiger partial charge is 0.257 e. The molecule has 0 aliphatic heterocycles. The van der Waals surface area contributed by atoms with E-state index in [0.29, 0.717) is 22.2 Å². The predicted molar refractivity (Wildman–Crippen MR) is 95.8 cm³/mol. The summed E-state index contributed by atoms with van der Waals surface area (Å²) in [6.07, 6.45) is 3.24. The van der Waals surface area contributed by atoms with E-state index in [1.165, 1.54) is 0 Å². The second-order valence-electron chi connectivity index (χ2n) is 5.41. The Balaban J connectivity index is 1.77. The van der Waals surface area contributed by atoms with Crippen molar-refractivity contribution in [2.24, 2.45) is 0 Å². The predicted octanol–water partition coefficient (Wildman–Crippen LogP) is 4.45. The second kappa shape index (κ2) is 7.07. The topological polar surface area (TPSA) is 38.1 Å². The number of rotatable bonds is 4. The molecule has 0 aliphatic carbocycles. The first-order valence-electron chi connectivity index (χ1n) is 7.34. The van der Waals surface area contributed by atoms with E-state index in [9.17, 15) is 4.79 Å². The molecule has 3 rings (SSSR count). The third-order valence-corrected chi connectivity index (χ3v) is 4.22. The summed E-state index contributed by atoms with van der Waals surface area (Å²) in [5, 5.41) is 5.50. The summed E-state index contributed by atoms with van der Waals surface area (Å²) in [5.74, 6) is -0.122. The van der Waals surface area contributed by atoms with E-state index in [0.717, 1.165) is 11.3 Å². The van der Waals surface area contributed by atoms with Gasteiger partial charge in [-0.15, -0.1) is 0 Å². The molecule has 4 nitrogen and oxygen atoms in total. The zero-order chi connectivity index (χ0) is 17.1. The van der Waals surface area contributed by atoms with Gasteiger partial charge >= 0.3 is 0 Å². The summed E-state index contributed by atoms with van der Waals surface area (Å²) in [6, 6.07) is 14.8. The van der Waals surface area contributed by atoms with Crippen LogP contribution in [-0.4, -0.2) is 27.6 Å². The Labute approximate surface area is 150 Å². The third-order valence-electron chi connectivity index (χ3n) is 3.61. The lowest BCUT2D eigenvalue weighted by Crippen LogP contribution is -2.26. The average molecular weight is 360 g/mol. The lowest BCUT2D eigenvalue weighted by molar-refractivity contribution is 0.0785. The summed E-state index contributed by atoms with van der Waals surface area (Å²) in [4.78, 5) is 14.2. The average Bonchev–Trinajstić information content (AvgIpc) is 3.06. The number of benzene rings is 2. The minimum Gasteiger partial charge on any atom is -0.337 e. The molecule has 0 saturated heterocycles. The van der Waals surface area contributed by atoms with Crippen LogP contribution in [0.2, 0.25) is 10.0 Å². The third kappa shape index (κ3) is 3.61. The summed E-state index contributed by atoms with van der Waals surface area (Å²) in [7, 11) is 1.74. The number of nitrogens with zero attached hydrogens (tertiary/aromatic N) is 3. The molecule has 0 atom stereocenters. The summed E-state index contributed by atoms with van der Waals surface area (Å²) in [6.45, 7) is 0.431. The van der Waals surface area contributed by atoms with Crippen LogP contribution in [0.3, 0.4) is 0 Å². The van der Waals surface area contributed by atoms with E-state index < -0.39 is 0 Å². The Morgan fingerprint density at radius 2 is 1.96 bits per heavy atom. The molecule has 6 heteroatoms. The number of aromatic nitrogens is 2. The first-order chi connectivity index (χ1) is 11.5. The van der Waals surface area contributed by atoms with E-state index >= 15 is 0 Å². The Bertz CT molecular complexity index is 876. The molecule has 3 aromatic rings. The fraction of sp³-hybridized carbons (Fsp3) is 0.111. The van der Waals surface area contributed by atoms with Crippen LogP contribution in [0, 0.1) is 0 Å². The van der Waals surface area contributed by atoms with Gasteiger partial charge in [0, 0.05) is 29.8 Å². The highest BCUT2D eigenvalue weighted by Crippen LogP contribution is 2.18. The maximum absolute atomic E-state index is 12.6. The van der Waals surface area contributed by atoms with Gasteiger partial charge in [-0.05, 0) is 29.8 Å². The van der Waals surface area contributed by atoms with Gasteiger partial charge in [-0.25, -0.2) is 4.68 Å². The largest absolute Gasteiger partial charge is 0.337 e. The van der Waals surface area contributed by atoms with Gasteiger partial charge in [0.2, 0.25) is 0 Å². The van der Waals surface area contributed by atoms with E-state index in [-0.39, 0.29) is 5.91 Å². The molecule has 2 aromatic carbocycles. The van der Waals surface area contributed by atoms with Gasteiger partial charge in [0.25, 0.3) is 5.91 Å². The Hall–Kier alpha value is -2.30. The van der Waals surface area contributed by atoms with Gasteiger partial charge < -0.3 is 4.90 Å². The van der Waals surface area contributed by atoms with Crippen molar-refractivity contribution in [3.63, 3.8) is 0 Å². The number of halogens is 2. The lowest BCUT2D eigenvalue weighted by Gasteiger charge is -2.17. The molecule has 24 heavy (non-hydrogen) atoms. The van der Waals surface area contributed by atoms with Crippen molar-refractivity contribution in [3.05, 3.63) is 82.1 Å². The maximum atomic E-state index is 12.6. The van der Waals surface area contributed by atoms with Gasteiger partial charge in [0.1, 0.15) is 0 Å². The number of hydrogen-bond donors (Lipinski definition) is 0. The van der Waals surface area contributed by atoms with Crippen molar-refractivity contribution in [2.45, 2.75) is 6.54 Å². The molecule has 0 N–H and O–H groups in total. The van der Waals surface area contributed by atoms with Crippen LogP contribution in [0.1, 0.15) is 15.9 Å². The normalized spacial score (nSPS) is 10.6. The fourth-order valence-corrected chi connectivity index (χ4v) is 2.75. The summed E-state index contributed by atoms with van der Waals surface area (Å²) in [5.41, 5.74) is 2.21. The van der Waals surface area contributed by atoms with Crippen LogP contribution in [0.4, 0.5) is 0 Å². The Kier molecular flexibility index (Phi) is 4.88. The van der Waals surface area contributed by atoms with Crippen LogP contribution >= 0.6 is 23.2 Å². The van der Waals surface area contributed by atoms with Gasteiger partial charge in [-0.1, -0.05) is 47.5 Å². The molecule has 0 unspecified atom stereocenters. The minimum atomic E-state index is -0.122. The van der Waals surface area contributed by atoms with Crippen LogP contribution in [0.25, 0.3) is 5.69 Å². The maximum Gasteiger partial charge on any atom is 0.257 e. The van der Waals surface area contributed by atoms with Gasteiger partial charge in [-0.2, -0.15) is 5.10 Å². The quantitative estimate of drug-likeness (QED) is 0.689. The van der Waals surface area contributed by atoms with Crippen LogP contribution in [0.15, 0.2) is 60.9 Å². The molecular weight excluding hydrogens is 345 g/mol. The van der Waals surface area contributed by atoms with E-state index in [1.807, 2.05) is 36.4 Å². The van der Waals surface area contributed by atoms with Crippen LogP contribution in [-0.2, 0) is 6.54 Å². The zero-order valence-corrected chi connectivity index (χ0v) is 14.5. The Morgan fingerprint density at radius 1 is 1.17 bits per heavy atom.